The van der Waals surface area contributed by atoms with Crippen LogP contribution in [0.2, 0.25) is 0 Å². The maximum Gasteiger partial charge on any atom is 0.206 e. The lowest BCUT2D eigenvalue weighted by Gasteiger charge is -2.25. The number of fused-ring (bicyclic) bond motifs is 3. The van der Waals surface area contributed by atoms with Gasteiger partial charge in [-0.05, 0) is 68.9 Å². The molecule has 7 heteroatoms. The summed E-state index contributed by atoms with van der Waals surface area (Å²) >= 11 is 0. The summed E-state index contributed by atoms with van der Waals surface area (Å²) in [6.07, 6.45) is 1.97. The van der Waals surface area contributed by atoms with Crippen LogP contribution in [0.1, 0.15) is 24.3 Å². The number of likely N-dealkylation sites (tertiary alicyclic amines) is 1. The monoisotopic (exact) mass is 392 g/mol. The van der Waals surface area contributed by atoms with Crippen LogP contribution in [0.5, 0.6) is 0 Å². The van der Waals surface area contributed by atoms with Crippen LogP contribution in [0.15, 0.2) is 46.2 Å². The summed E-state index contributed by atoms with van der Waals surface area (Å²) < 4.78 is 53.0. The molecule has 4 rings (SSSR count). The zero-order chi connectivity index (χ0) is 19.3. The number of hydrogen-bond acceptors (Lipinski definition) is 4. The first kappa shape index (κ1) is 18.4. The predicted molar refractivity (Wildman–Crippen MR) is 99.9 cm³/mol. The summed E-state index contributed by atoms with van der Waals surface area (Å²) in [7, 11) is 0.155. The number of nitrogens with zero attached hydrogens (tertiary/aromatic N) is 2. The van der Waals surface area contributed by atoms with Crippen LogP contribution in [0.4, 0.5) is 14.5 Å². The largest absolute Gasteiger partial charge is 0.371 e. The Balaban J connectivity index is 1.77. The molecule has 2 atom stereocenters. The van der Waals surface area contributed by atoms with E-state index in [1.165, 1.54) is 6.07 Å². The van der Waals surface area contributed by atoms with E-state index in [1.54, 1.807) is 6.07 Å². The van der Waals surface area contributed by atoms with Gasteiger partial charge in [0.25, 0.3) is 0 Å². The summed E-state index contributed by atoms with van der Waals surface area (Å²) in [6.45, 7) is 1.97. The van der Waals surface area contributed by atoms with Crippen LogP contribution in [0.25, 0.3) is 0 Å². The lowest BCUT2D eigenvalue weighted by Crippen LogP contribution is -2.31. The fourth-order valence-electron chi connectivity index (χ4n) is 4.36. The number of likely N-dealkylation sites (N-methyl/N-ethyl adjacent to an activating group) is 1. The van der Waals surface area contributed by atoms with E-state index in [1.807, 2.05) is 13.1 Å². The van der Waals surface area contributed by atoms with Gasteiger partial charge in [0.1, 0.15) is 11.6 Å². The quantitative estimate of drug-likeness (QED) is 0.785. The highest BCUT2D eigenvalue weighted by atomic mass is 32.2. The molecule has 2 aromatic carbocycles. The Hall–Kier alpha value is -1.99. The number of anilines is 1. The van der Waals surface area contributed by atoms with Crippen molar-refractivity contribution in [3.63, 3.8) is 0 Å². The first-order valence-corrected chi connectivity index (χ1v) is 10.5. The van der Waals surface area contributed by atoms with Gasteiger partial charge < -0.3 is 9.80 Å². The van der Waals surface area contributed by atoms with E-state index in [9.17, 15) is 17.2 Å². The van der Waals surface area contributed by atoms with Crippen molar-refractivity contribution in [1.82, 2.24) is 4.90 Å². The van der Waals surface area contributed by atoms with E-state index in [-0.39, 0.29) is 15.7 Å². The Morgan fingerprint density at radius 1 is 0.926 bits per heavy atom. The molecule has 0 amide bonds. The molecule has 0 radical (unpaired) electrons. The molecule has 144 valence electrons. The second kappa shape index (κ2) is 6.56. The van der Waals surface area contributed by atoms with Crippen LogP contribution >= 0.6 is 0 Å². The highest BCUT2D eigenvalue weighted by Gasteiger charge is 2.38. The molecule has 2 aromatic rings. The van der Waals surface area contributed by atoms with E-state index < -0.39 is 21.5 Å². The Kier molecular flexibility index (Phi) is 4.47. The summed E-state index contributed by atoms with van der Waals surface area (Å²) in [6, 6.07) is 7.78. The number of halogens is 2. The molecular weight excluding hydrogens is 370 g/mol. The van der Waals surface area contributed by atoms with E-state index in [4.69, 9.17) is 0 Å². The molecule has 0 saturated carbocycles. The van der Waals surface area contributed by atoms with Gasteiger partial charge in [0.05, 0.1) is 9.79 Å². The number of benzene rings is 2. The maximum atomic E-state index is 13.5. The number of hydrogen-bond donors (Lipinski definition) is 0. The predicted octanol–water partition coefficient (Wildman–Crippen LogP) is 3.43. The normalized spacial score (nSPS) is 23.0. The third kappa shape index (κ3) is 3.12. The lowest BCUT2D eigenvalue weighted by molar-refractivity contribution is 0.345. The van der Waals surface area contributed by atoms with Gasteiger partial charge in [-0.3, -0.25) is 0 Å². The molecule has 0 N–H and O–H groups in total. The Morgan fingerprint density at radius 3 is 2.30 bits per heavy atom. The zero-order valence-electron chi connectivity index (χ0n) is 15.3. The first-order valence-electron chi connectivity index (χ1n) is 9.04. The fraction of sp³-hybridized carbons (Fsp3) is 0.400. The van der Waals surface area contributed by atoms with Gasteiger partial charge in [-0.15, -0.1) is 0 Å². The third-order valence-corrected chi connectivity index (χ3v) is 7.56. The second-order valence-corrected chi connectivity index (χ2v) is 9.44. The molecule has 2 aliphatic heterocycles. The molecule has 1 fully saturated rings. The van der Waals surface area contributed by atoms with Crippen molar-refractivity contribution >= 4 is 15.5 Å². The van der Waals surface area contributed by atoms with Crippen LogP contribution < -0.4 is 4.90 Å². The van der Waals surface area contributed by atoms with Crippen LogP contribution in [0.3, 0.4) is 0 Å². The van der Waals surface area contributed by atoms with Crippen LogP contribution in [-0.4, -0.2) is 46.5 Å². The van der Waals surface area contributed by atoms with E-state index in [0.717, 1.165) is 49.3 Å². The van der Waals surface area contributed by atoms with Gasteiger partial charge >= 0.3 is 0 Å². The zero-order valence-corrected chi connectivity index (χ0v) is 16.1. The van der Waals surface area contributed by atoms with Crippen molar-refractivity contribution in [2.45, 2.75) is 34.6 Å². The standard InChI is InChI=1S/C20H22F2N2O2S/c1-23-7-5-17-18-12-15(3-4-19(18)24(2)20(17)6-8-23)27(25,26)16-10-13(21)9-14(22)11-16/h3-4,9-12,17,20H,5-8H2,1-2H3/t17-,20-/m1/s1. The fourth-order valence-corrected chi connectivity index (χ4v) is 5.70. The molecule has 0 aliphatic carbocycles. The van der Waals surface area contributed by atoms with E-state index in [0.29, 0.717) is 12.1 Å². The van der Waals surface area contributed by atoms with Crippen LogP contribution in [0, 0.1) is 11.6 Å². The lowest BCUT2D eigenvalue weighted by atomic mass is 9.91. The summed E-state index contributed by atoms with van der Waals surface area (Å²) in [5.41, 5.74) is 2.05. The van der Waals surface area contributed by atoms with Gasteiger partial charge in [-0.2, -0.15) is 0 Å². The van der Waals surface area contributed by atoms with Gasteiger partial charge in [-0.25, -0.2) is 17.2 Å². The van der Waals surface area contributed by atoms with Crippen molar-refractivity contribution < 1.29 is 17.2 Å². The molecule has 0 aromatic heterocycles. The molecule has 0 unspecified atom stereocenters. The third-order valence-electron chi connectivity index (χ3n) is 5.83. The van der Waals surface area contributed by atoms with Gasteiger partial charge in [0, 0.05) is 30.8 Å². The van der Waals surface area contributed by atoms with E-state index in [2.05, 4.69) is 16.8 Å². The second-order valence-electron chi connectivity index (χ2n) is 7.49. The van der Waals surface area contributed by atoms with Crippen LogP contribution in [-0.2, 0) is 9.84 Å². The molecule has 2 aliphatic rings. The van der Waals surface area contributed by atoms with Gasteiger partial charge in [-0.1, -0.05) is 0 Å². The minimum Gasteiger partial charge on any atom is -0.371 e. The molecule has 0 bridgehead atoms. The molecule has 2 heterocycles. The first-order chi connectivity index (χ1) is 12.8. The highest BCUT2D eigenvalue weighted by molar-refractivity contribution is 7.91. The van der Waals surface area contributed by atoms with E-state index >= 15 is 0 Å². The summed E-state index contributed by atoms with van der Waals surface area (Å²) in [5.74, 6) is -1.54. The van der Waals surface area contributed by atoms with Crippen molar-refractivity contribution in [2.75, 3.05) is 32.1 Å². The molecule has 1 saturated heterocycles. The highest BCUT2D eigenvalue weighted by Crippen LogP contribution is 2.45. The molecule has 27 heavy (non-hydrogen) atoms. The molecule has 4 nitrogen and oxygen atoms in total. The topological polar surface area (TPSA) is 40.6 Å². The summed E-state index contributed by atoms with van der Waals surface area (Å²) in [5, 5.41) is 0. The average Bonchev–Trinajstić information content (AvgIpc) is 2.75. The maximum absolute atomic E-state index is 13.5. The average molecular weight is 392 g/mol. The number of sulfone groups is 1. The van der Waals surface area contributed by atoms with Crippen molar-refractivity contribution in [1.29, 1.82) is 0 Å². The Bertz CT molecular complexity index is 973. The van der Waals surface area contributed by atoms with Crippen molar-refractivity contribution in [2.24, 2.45) is 0 Å². The van der Waals surface area contributed by atoms with Gasteiger partial charge in [0.2, 0.25) is 9.84 Å². The Morgan fingerprint density at radius 2 is 1.59 bits per heavy atom. The number of rotatable bonds is 2. The minimum absolute atomic E-state index is 0.0814. The minimum atomic E-state index is -3.99. The molecular formula is C20H22F2N2O2S. The smallest absolute Gasteiger partial charge is 0.206 e. The molecule has 0 spiro atoms. The summed E-state index contributed by atoms with van der Waals surface area (Å²) in [4.78, 5) is 4.25. The van der Waals surface area contributed by atoms with Crippen molar-refractivity contribution in [3.8, 4) is 0 Å². The SMILES string of the molecule is CN1CC[C@@H]2c3cc(S(=O)(=O)c4cc(F)cc(F)c4)ccc3N(C)[C@@H]2CC1. The van der Waals surface area contributed by atoms with Gasteiger partial charge in [0.15, 0.2) is 0 Å². The van der Waals surface area contributed by atoms with Crippen molar-refractivity contribution in [3.05, 3.63) is 53.6 Å². The Labute approximate surface area is 158 Å².